The molecule has 102 heavy (non-hydrogen) atoms. The minimum absolute atomic E-state index is 0.0264. The fourth-order valence-corrected chi connectivity index (χ4v) is 10.7. The van der Waals surface area contributed by atoms with Crippen molar-refractivity contribution < 1.29 is 80.2 Å². The second-order valence-electron chi connectivity index (χ2n) is 24.4. The molecule has 576 valence electrons. The van der Waals surface area contributed by atoms with Crippen molar-refractivity contribution in [3.8, 4) is 0 Å². The largest absolute Gasteiger partial charge is 0.472 e. The lowest BCUT2D eigenvalue weighted by Crippen LogP contribution is -2.30. The molecule has 19 heteroatoms. The maximum absolute atomic E-state index is 13.1. The lowest BCUT2D eigenvalue weighted by atomic mass is 10.1. The smallest absolute Gasteiger partial charge is 0.462 e. The van der Waals surface area contributed by atoms with Crippen LogP contribution in [0.3, 0.4) is 0 Å². The van der Waals surface area contributed by atoms with Gasteiger partial charge in [-0.25, -0.2) is 9.13 Å². The number of aliphatic hydroxyl groups is 1. The molecule has 0 fully saturated rings. The molecular weight excluding hydrogens is 1330 g/mol. The number of unbranched alkanes of at least 4 members (excludes halogenated alkanes) is 13. The zero-order valence-corrected chi connectivity index (χ0v) is 64.5. The monoisotopic (exact) mass is 1460 g/mol. The molecule has 0 amide bonds. The van der Waals surface area contributed by atoms with Gasteiger partial charge in [0.25, 0.3) is 0 Å². The molecule has 0 radical (unpaired) electrons. The number of carbonyl (C=O) groups is 4. The second-order valence-corrected chi connectivity index (χ2v) is 27.3. The molecule has 0 bridgehead atoms. The van der Waals surface area contributed by atoms with E-state index in [1.54, 1.807) is 0 Å². The Labute approximate surface area is 615 Å². The third kappa shape index (κ3) is 72.5. The summed E-state index contributed by atoms with van der Waals surface area (Å²) < 4.78 is 68.3. The second kappa shape index (κ2) is 73.5. The molecule has 0 spiro atoms. The minimum atomic E-state index is -5.01. The number of esters is 4. The molecule has 17 nitrogen and oxygen atoms in total. The van der Waals surface area contributed by atoms with Gasteiger partial charge in [0.2, 0.25) is 0 Å². The molecule has 0 aliphatic rings. The Morgan fingerprint density at radius 3 is 0.814 bits per heavy atom. The van der Waals surface area contributed by atoms with Gasteiger partial charge in [0.05, 0.1) is 26.4 Å². The molecule has 0 aromatic rings. The SMILES string of the molecule is CC/C=C\C/C=C\C/C=C\C/C=C\C/C=C\CCCCCC(=O)OCC(COP(=O)(O)OCC(O)COP(=O)(O)OCC(COC(=O)CCCC/C=C\C/C=C\C/C=C\C/C=C\CC)OC(=O)CCCCCCC/C=C\C/C=C\CCC)OC(=O)CCCC/C=C\C/C=C\C/C=C\C/C=C\CC. The van der Waals surface area contributed by atoms with Crippen molar-refractivity contribution in [2.75, 3.05) is 39.6 Å². The predicted octanol–water partition coefficient (Wildman–Crippen LogP) is 22.0. The van der Waals surface area contributed by atoms with E-state index in [2.05, 4.69) is 210 Å². The summed E-state index contributed by atoms with van der Waals surface area (Å²) in [5, 5.41) is 10.6. The van der Waals surface area contributed by atoms with Crippen LogP contribution < -0.4 is 0 Å². The van der Waals surface area contributed by atoms with Crippen LogP contribution in [0, 0.1) is 0 Å². The van der Waals surface area contributed by atoms with Crippen LogP contribution in [0.1, 0.15) is 259 Å². The van der Waals surface area contributed by atoms with Crippen LogP contribution in [0.4, 0.5) is 0 Å². The lowest BCUT2D eigenvalue weighted by molar-refractivity contribution is -0.161. The van der Waals surface area contributed by atoms with Crippen molar-refractivity contribution in [2.24, 2.45) is 0 Å². The third-order valence-corrected chi connectivity index (χ3v) is 16.7. The molecule has 0 aromatic carbocycles. The van der Waals surface area contributed by atoms with E-state index in [-0.39, 0.29) is 25.7 Å². The van der Waals surface area contributed by atoms with Crippen LogP contribution in [-0.4, -0.2) is 96.7 Å². The summed E-state index contributed by atoms with van der Waals surface area (Å²) in [7, 11) is -10.0. The Morgan fingerprint density at radius 1 is 0.284 bits per heavy atom. The zero-order chi connectivity index (χ0) is 74.6. The topological polar surface area (TPSA) is 237 Å². The minimum Gasteiger partial charge on any atom is -0.462 e. The Bertz CT molecular complexity index is 2650. The number of carbonyl (C=O) groups excluding carboxylic acids is 4. The Balaban J connectivity index is 5.48. The number of phosphoric acid groups is 2. The molecule has 5 unspecified atom stereocenters. The van der Waals surface area contributed by atoms with Crippen LogP contribution in [0.15, 0.2) is 182 Å². The number of phosphoric ester groups is 2. The Kier molecular flexibility index (Phi) is 69.3. The van der Waals surface area contributed by atoms with E-state index >= 15 is 0 Å². The van der Waals surface area contributed by atoms with Crippen molar-refractivity contribution in [1.29, 1.82) is 0 Å². The Morgan fingerprint density at radius 2 is 0.510 bits per heavy atom. The highest BCUT2D eigenvalue weighted by atomic mass is 31.2. The fraction of sp³-hybridized carbons (Fsp3) is 0.590. The van der Waals surface area contributed by atoms with E-state index in [4.69, 9.17) is 37.0 Å². The highest BCUT2D eigenvalue weighted by Gasteiger charge is 2.30. The molecular formula is C83H132O17P2. The van der Waals surface area contributed by atoms with Crippen LogP contribution in [-0.2, 0) is 65.4 Å². The molecule has 0 saturated carbocycles. The molecule has 0 rings (SSSR count). The normalized spacial score (nSPS) is 14.9. The van der Waals surface area contributed by atoms with Gasteiger partial charge < -0.3 is 33.8 Å². The number of rotatable bonds is 69. The number of ether oxygens (including phenoxy) is 4. The van der Waals surface area contributed by atoms with E-state index in [0.29, 0.717) is 32.1 Å². The van der Waals surface area contributed by atoms with Crippen LogP contribution >= 0.6 is 15.6 Å². The van der Waals surface area contributed by atoms with E-state index in [0.717, 1.165) is 173 Å². The van der Waals surface area contributed by atoms with Gasteiger partial charge in [-0.2, -0.15) is 0 Å². The van der Waals surface area contributed by atoms with Gasteiger partial charge in [-0.05, 0) is 173 Å². The first-order chi connectivity index (χ1) is 49.7. The van der Waals surface area contributed by atoms with Gasteiger partial charge in [0.1, 0.15) is 19.3 Å². The average Bonchev–Trinajstić information content (AvgIpc) is 0.924. The summed E-state index contributed by atoms with van der Waals surface area (Å²) >= 11 is 0. The van der Waals surface area contributed by atoms with Crippen molar-refractivity contribution in [2.45, 2.75) is 277 Å². The molecule has 0 aromatic heterocycles. The average molecular weight is 1460 g/mol. The summed E-state index contributed by atoms with van der Waals surface area (Å²) in [6.07, 6.45) is 87.5. The van der Waals surface area contributed by atoms with Crippen LogP contribution in [0.2, 0.25) is 0 Å². The molecule has 5 atom stereocenters. The zero-order valence-electron chi connectivity index (χ0n) is 62.7. The molecule has 0 saturated heterocycles. The molecule has 3 N–H and O–H groups in total. The third-order valence-electron chi connectivity index (χ3n) is 14.8. The fourth-order valence-electron chi connectivity index (χ4n) is 9.15. The number of allylic oxidation sites excluding steroid dienone is 30. The highest BCUT2D eigenvalue weighted by Crippen LogP contribution is 2.45. The van der Waals surface area contributed by atoms with Gasteiger partial charge in [-0.1, -0.05) is 242 Å². The van der Waals surface area contributed by atoms with Gasteiger partial charge in [0, 0.05) is 25.7 Å². The highest BCUT2D eigenvalue weighted by molar-refractivity contribution is 7.47. The number of aliphatic hydroxyl groups excluding tert-OH is 1. The first-order valence-corrected chi connectivity index (χ1v) is 41.0. The van der Waals surface area contributed by atoms with E-state index in [1.807, 2.05) is 0 Å². The standard InChI is InChI=1S/C83H132O17P2/c1-5-9-13-17-21-25-29-33-36-37-38-39-42-45-48-52-56-60-64-68-81(86)94-74-79(100-83(88)70-66-62-58-54-50-46-41-35-31-27-23-19-15-11-7-3)76-98-102(91,92)96-72-77(84)71-95-101(89,90)97-75-78(99-82(87)69-65-61-57-53-49-43-32-28-24-20-16-12-8-4)73-93-80(85)67-63-59-55-51-47-44-40-34-30-26-22-18-14-10-6-2/h9-11,13-16,20-23,25-28,32-36,38-41,45,47-48,50-51,54,77-79,84H,5-8,12,17-19,24,29-31,37,42-44,46,49,52-53,55-76H2,1-4H3,(H,89,90)(H,91,92)/b13-9-,14-10-,15-11-,20-16-,25-21-,26-22-,27-23-,32-28-,36-33-,39-38-,40-34-,41-35-,48-45-,51-47-,54-50-. The first-order valence-electron chi connectivity index (χ1n) is 38.0. The van der Waals surface area contributed by atoms with E-state index in [9.17, 15) is 43.2 Å². The van der Waals surface area contributed by atoms with Gasteiger partial charge in [-0.15, -0.1) is 0 Å². The van der Waals surface area contributed by atoms with Gasteiger partial charge >= 0.3 is 39.5 Å². The molecule has 0 aliphatic heterocycles. The number of hydrogen-bond donors (Lipinski definition) is 3. The summed E-state index contributed by atoms with van der Waals surface area (Å²) in [5.74, 6) is -2.35. The molecule has 0 heterocycles. The number of hydrogen-bond acceptors (Lipinski definition) is 15. The van der Waals surface area contributed by atoms with Crippen molar-refractivity contribution in [3.05, 3.63) is 182 Å². The van der Waals surface area contributed by atoms with Crippen molar-refractivity contribution >= 4 is 39.5 Å². The summed E-state index contributed by atoms with van der Waals surface area (Å²) in [4.78, 5) is 72.9. The predicted molar refractivity (Wildman–Crippen MR) is 417 cm³/mol. The van der Waals surface area contributed by atoms with E-state index in [1.165, 1.54) is 0 Å². The molecule has 0 aliphatic carbocycles. The maximum Gasteiger partial charge on any atom is 0.472 e. The van der Waals surface area contributed by atoms with Crippen molar-refractivity contribution in [3.63, 3.8) is 0 Å². The van der Waals surface area contributed by atoms with E-state index < -0.39 is 97.5 Å². The lowest BCUT2D eigenvalue weighted by Gasteiger charge is -2.21. The van der Waals surface area contributed by atoms with Gasteiger partial charge in [-0.3, -0.25) is 37.3 Å². The van der Waals surface area contributed by atoms with Crippen LogP contribution in [0.25, 0.3) is 0 Å². The summed E-state index contributed by atoms with van der Waals surface area (Å²) in [5.41, 5.74) is 0. The van der Waals surface area contributed by atoms with Crippen LogP contribution in [0.5, 0.6) is 0 Å². The summed E-state index contributed by atoms with van der Waals surface area (Å²) in [6.45, 7) is 4.27. The summed E-state index contributed by atoms with van der Waals surface area (Å²) in [6, 6.07) is 0. The van der Waals surface area contributed by atoms with Gasteiger partial charge in [0.15, 0.2) is 12.2 Å². The Hall–Kier alpha value is -5.84. The quantitative estimate of drug-likeness (QED) is 0.0169. The first kappa shape index (κ1) is 96.2. The maximum atomic E-state index is 13.1. The van der Waals surface area contributed by atoms with Crippen molar-refractivity contribution in [1.82, 2.24) is 0 Å².